The minimum absolute atomic E-state index is 0.293. The molecule has 0 aliphatic carbocycles. The Morgan fingerprint density at radius 3 is 3.10 bits per heavy atom. The molecule has 1 heterocycles. The summed E-state index contributed by atoms with van der Waals surface area (Å²) in [5, 5.41) is 3.43. The molecule has 20 heavy (non-hydrogen) atoms. The van der Waals surface area contributed by atoms with Crippen LogP contribution in [0.15, 0.2) is 24.3 Å². The number of nitrogens with one attached hydrogen (secondary N) is 1. The third kappa shape index (κ3) is 4.58. The van der Waals surface area contributed by atoms with Gasteiger partial charge in [0.15, 0.2) is 0 Å². The Morgan fingerprint density at radius 2 is 2.25 bits per heavy atom. The Labute approximate surface area is 122 Å². The van der Waals surface area contributed by atoms with Crippen LogP contribution in [0, 0.1) is 5.92 Å². The van der Waals surface area contributed by atoms with Gasteiger partial charge >= 0.3 is 0 Å². The van der Waals surface area contributed by atoms with E-state index in [2.05, 4.69) is 36.5 Å². The Kier molecular flexibility index (Phi) is 6.51. The van der Waals surface area contributed by atoms with Crippen molar-refractivity contribution in [3.8, 4) is 0 Å². The van der Waals surface area contributed by atoms with Crippen molar-refractivity contribution in [1.29, 1.82) is 0 Å². The summed E-state index contributed by atoms with van der Waals surface area (Å²) in [7, 11) is 1.74. The molecular formula is C17H27NO2. The van der Waals surface area contributed by atoms with Crippen molar-refractivity contribution >= 4 is 0 Å². The van der Waals surface area contributed by atoms with E-state index in [1.54, 1.807) is 7.11 Å². The van der Waals surface area contributed by atoms with Gasteiger partial charge in [-0.25, -0.2) is 0 Å². The molecule has 0 saturated carbocycles. The van der Waals surface area contributed by atoms with Gasteiger partial charge in [-0.2, -0.15) is 0 Å². The van der Waals surface area contributed by atoms with Crippen molar-refractivity contribution in [1.82, 2.24) is 5.32 Å². The van der Waals surface area contributed by atoms with E-state index in [1.165, 1.54) is 17.5 Å². The lowest BCUT2D eigenvalue weighted by Gasteiger charge is -2.27. The number of benzene rings is 1. The smallest absolute Gasteiger partial charge is 0.0827 e. The van der Waals surface area contributed by atoms with E-state index in [9.17, 15) is 0 Å². The highest BCUT2D eigenvalue weighted by atomic mass is 16.5. The predicted octanol–water partition coefficient (Wildman–Crippen LogP) is 2.95. The van der Waals surface area contributed by atoms with E-state index in [4.69, 9.17) is 9.47 Å². The molecule has 1 aromatic carbocycles. The van der Waals surface area contributed by atoms with Gasteiger partial charge in [0.1, 0.15) is 0 Å². The fraction of sp³-hybridized carbons (Fsp3) is 0.647. The van der Waals surface area contributed by atoms with Gasteiger partial charge in [-0.15, -0.1) is 0 Å². The molecule has 1 aliphatic heterocycles. The molecule has 2 atom stereocenters. The molecule has 0 spiro atoms. The van der Waals surface area contributed by atoms with E-state index in [0.717, 1.165) is 39.1 Å². The highest BCUT2D eigenvalue weighted by molar-refractivity contribution is 5.30. The van der Waals surface area contributed by atoms with Crippen molar-refractivity contribution in [2.24, 2.45) is 5.92 Å². The zero-order chi connectivity index (χ0) is 14.2. The lowest BCUT2D eigenvalue weighted by Crippen LogP contribution is -2.25. The van der Waals surface area contributed by atoms with Gasteiger partial charge in [0.2, 0.25) is 0 Å². The summed E-state index contributed by atoms with van der Waals surface area (Å²) in [6.07, 6.45) is 3.66. The van der Waals surface area contributed by atoms with Crippen LogP contribution in [0.25, 0.3) is 0 Å². The maximum Gasteiger partial charge on any atom is 0.0827 e. The highest BCUT2D eigenvalue weighted by Crippen LogP contribution is 2.31. The molecule has 2 unspecified atom stereocenters. The molecule has 0 amide bonds. The number of methoxy groups -OCH3 is 1. The molecule has 3 nitrogen and oxygen atoms in total. The van der Waals surface area contributed by atoms with E-state index in [1.807, 2.05) is 0 Å². The van der Waals surface area contributed by atoms with Crippen molar-refractivity contribution in [3.05, 3.63) is 35.4 Å². The first kappa shape index (κ1) is 15.5. The van der Waals surface area contributed by atoms with Crippen LogP contribution < -0.4 is 5.32 Å². The van der Waals surface area contributed by atoms with Gasteiger partial charge in [-0.3, -0.25) is 0 Å². The molecule has 0 bridgehead atoms. The molecule has 1 aromatic rings. The standard InChI is InChI=1S/C17H27NO2/c1-14(13-18-10-12-19-2)7-8-17-16-6-4-3-5-15(16)9-11-20-17/h3-6,14,17-18H,7-13H2,1-2H3. The zero-order valence-corrected chi connectivity index (χ0v) is 12.7. The molecule has 3 heteroatoms. The predicted molar refractivity (Wildman–Crippen MR) is 82.0 cm³/mol. The van der Waals surface area contributed by atoms with Gasteiger partial charge in [-0.1, -0.05) is 31.2 Å². The van der Waals surface area contributed by atoms with Crippen molar-refractivity contribution in [2.45, 2.75) is 32.3 Å². The number of rotatable bonds is 8. The topological polar surface area (TPSA) is 30.5 Å². The van der Waals surface area contributed by atoms with E-state index >= 15 is 0 Å². The second kappa shape index (κ2) is 8.40. The van der Waals surface area contributed by atoms with Gasteiger partial charge in [-0.05, 0) is 42.9 Å². The Hall–Kier alpha value is -0.900. The van der Waals surface area contributed by atoms with Gasteiger partial charge in [0, 0.05) is 13.7 Å². The van der Waals surface area contributed by atoms with Gasteiger partial charge in [0.25, 0.3) is 0 Å². The van der Waals surface area contributed by atoms with Crippen LogP contribution in [0.5, 0.6) is 0 Å². The average Bonchev–Trinajstić information content (AvgIpc) is 2.49. The van der Waals surface area contributed by atoms with Crippen LogP contribution in [0.1, 0.15) is 37.0 Å². The van der Waals surface area contributed by atoms with Crippen molar-refractivity contribution < 1.29 is 9.47 Å². The minimum atomic E-state index is 0.293. The number of hydrogen-bond donors (Lipinski definition) is 1. The minimum Gasteiger partial charge on any atom is -0.383 e. The van der Waals surface area contributed by atoms with Gasteiger partial charge < -0.3 is 14.8 Å². The van der Waals surface area contributed by atoms with Crippen molar-refractivity contribution in [3.63, 3.8) is 0 Å². The molecule has 1 aliphatic rings. The maximum atomic E-state index is 5.96. The summed E-state index contributed by atoms with van der Waals surface area (Å²) in [5.74, 6) is 0.671. The number of fused-ring (bicyclic) bond motifs is 1. The third-order valence-corrected chi connectivity index (χ3v) is 3.99. The third-order valence-electron chi connectivity index (χ3n) is 3.99. The molecule has 0 fully saturated rings. The average molecular weight is 277 g/mol. The van der Waals surface area contributed by atoms with E-state index < -0.39 is 0 Å². The summed E-state index contributed by atoms with van der Waals surface area (Å²) in [5.41, 5.74) is 2.87. The summed E-state index contributed by atoms with van der Waals surface area (Å²) in [4.78, 5) is 0. The number of hydrogen-bond acceptors (Lipinski definition) is 3. The highest BCUT2D eigenvalue weighted by Gasteiger charge is 2.20. The molecule has 0 saturated heterocycles. The van der Waals surface area contributed by atoms with Crippen LogP contribution in [0.4, 0.5) is 0 Å². The van der Waals surface area contributed by atoms with Crippen LogP contribution >= 0.6 is 0 Å². The SMILES string of the molecule is COCCNCC(C)CCC1OCCc2ccccc21. The first-order chi connectivity index (χ1) is 9.81. The van der Waals surface area contributed by atoms with Gasteiger partial charge in [0.05, 0.1) is 19.3 Å². The Balaban J connectivity index is 1.74. The Morgan fingerprint density at radius 1 is 1.40 bits per heavy atom. The summed E-state index contributed by atoms with van der Waals surface area (Å²) < 4.78 is 11.0. The largest absolute Gasteiger partial charge is 0.383 e. The zero-order valence-electron chi connectivity index (χ0n) is 12.7. The van der Waals surface area contributed by atoms with Crippen LogP contribution in [0.2, 0.25) is 0 Å². The molecule has 2 rings (SSSR count). The monoisotopic (exact) mass is 277 g/mol. The second-order valence-electron chi connectivity index (χ2n) is 5.69. The first-order valence-corrected chi connectivity index (χ1v) is 7.70. The van der Waals surface area contributed by atoms with Crippen molar-refractivity contribution in [2.75, 3.05) is 33.4 Å². The lowest BCUT2D eigenvalue weighted by molar-refractivity contribution is 0.0326. The molecule has 1 N–H and O–H groups in total. The fourth-order valence-electron chi connectivity index (χ4n) is 2.78. The maximum absolute atomic E-state index is 5.96. The number of ether oxygens (including phenoxy) is 2. The molecule has 0 radical (unpaired) electrons. The quantitative estimate of drug-likeness (QED) is 0.741. The summed E-state index contributed by atoms with van der Waals surface area (Å²) in [6.45, 7) is 5.93. The van der Waals surface area contributed by atoms with Crippen LogP contribution in [0.3, 0.4) is 0 Å². The molecule has 0 aromatic heterocycles. The second-order valence-corrected chi connectivity index (χ2v) is 5.69. The lowest BCUT2D eigenvalue weighted by atomic mass is 9.92. The molecule has 112 valence electrons. The normalized spacial score (nSPS) is 19.6. The fourth-order valence-corrected chi connectivity index (χ4v) is 2.78. The molecular weight excluding hydrogens is 250 g/mol. The van der Waals surface area contributed by atoms with E-state index in [0.29, 0.717) is 12.0 Å². The Bertz CT molecular complexity index is 394. The summed E-state index contributed by atoms with van der Waals surface area (Å²) in [6, 6.07) is 8.71. The first-order valence-electron chi connectivity index (χ1n) is 7.70. The van der Waals surface area contributed by atoms with Crippen LogP contribution in [-0.4, -0.2) is 33.4 Å². The van der Waals surface area contributed by atoms with E-state index in [-0.39, 0.29) is 0 Å². The summed E-state index contributed by atoms with van der Waals surface area (Å²) >= 11 is 0. The van der Waals surface area contributed by atoms with Crippen LogP contribution in [-0.2, 0) is 15.9 Å².